The van der Waals surface area contributed by atoms with Crippen molar-refractivity contribution >= 4 is 12.4 Å². The molecule has 0 aromatic heterocycles. The van der Waals surface area contributed by atoms with Crippen LogP contribution in [0.25, 0.3) is 0 Å². The molecule has 0 aliphatic carbocycles. The third kappa shape index (κ3) is 6.84. The molecule has 4 N–H and O–H groups in total. The Bertz CT molecular complexity index is 137. The molecule has 0 radical (unpaired) electrons. The number of nitrogens with two attached hydrogens (primary N) is 2. The molecule has 56 valence electrons. The van der Waals surface area contributed by atoms with Gasteiger partial charge in [0, 0.05) is 31.4 Å². The predicted octanol–water partition coefficient (Wildman–Crippen LogP) is -0.483. The molecule has 0 rings (SSSR count). The fourth-order valence-corrected chi connectivity index (χ4v) is 0.334. The highest BCUT2D eigenvalue weighted by Crippen LogP contribution is 1.65. The molecule has 0 aliphatic heterocycles. The van der Waals surface area contributed by atoms with Crippen LogP contribution in [0.4, 0.5) is 0 Å². The van der Waals surface area contributed by atoms with E-state index in [1.807, 2.05) is 0 Å². The summed E-state index contributed by atoms with van der Waals surface area (Å²) < 4.78 is 0. The highest BCUT2D eigenvalue weighted by Gasteiger charge is 1.68. The number of rotatable bonds is 4. The Morgan fingerprint density at radius 1 is 1.30 bits per heavy atom. The van der Waals surface area contributed by atoms with E-state index in [0.717, 1.165) is 0 Å². The first kappa shape index (κ1) is 8.84. The Hall–Kier alpha value is -1.16. The lowest BCUT2D eigenvalue weighted by molar-refractivity contribution is 0.982. The minimum atomic E-state index is 0.567. The first-order valence-corrected chi connectivity index (χ1v) is 3.00. The van der Waals surface area contributed by atoms with Crippen molar-refractivity contribution in [1.82, 2.24) is 0 Å². The van der Waals surface area contributed by atoms with Gasteiger partial charge in [-0.05, 0) is 0 Å². The lowest BCUT2D eigenvalue weighted by atomic mass is 10.6. The van der Waals surface area contributed by atoms with Crippen molar-refractivity contribution in [1.29, 1.82) is 0 Å². The monoisotopic (exact) mass is 140 g/mol. The molecule has 0 unspecified atom stereocenters. The van der Waals surface area contributed by atoms with Crippen molar-refractivity contribution in [2.75, 3.05) is 13.1 Å². The first-order chi connectivity index (χ1) is 4.91. The summed E-state index contributed by atoms with van der Waals surface area (Å²) in [6, 6.07) is 0. The smallest absolute Gasteiger partial charge is 0.0512 e. The molecule has 0 saturated carbocycles. The molecule has 4 nitrogen and oxygen atoms in total. The van der Waals surface area contributed by atoms with Crippen LogP contribution < -0.4 is 11.5 Å². The van der Waals surface area contributed by atoms with Crippen LogP contribution in [0, 0.1) is 0 Å². The Morgan fingerprint density at radius 2 is 2.10 bits per heavy atom. The zero-order chi connectivity index (χ0) is 7.66. The lowest BCUT2D eigenvalue weighted by Gasteiger charge is -1.80. The summed E-state index contributed by atoms with van der Waals surface area (Å²) in [5, 5.41) is 0. The lowest BCUT2D eigenvalue weighted by Crippen LogP contribution is -2.02. The molecule has 4 heteroatoms. The quantitative estimate of drug-likeness (QED) is 0.517. The number of hydrogen-bond donors (Lipinski definition) is 2. The second-order valence-corrected chi connectivity index (χ2v) is 1.48. The minimum Gasteiger partial charge on any atom is -0.403 e. The molecule has 0 spiro atoms. The van der Waals surface area contributed by atoms with Gasteiger partial charge in [0.1, 0.15) is 0 Å². The van der Waals surface area contributed by atoms with E-state index in [1.165, 1.54) is 12.4 Å². The van der Waals surface area contributed by atoms with E-state index in [9.17, 15) is 0 Å². The van der Waals surface area contributed by atoms with Gasteiger partial charge in [0.15, 0.2) is 0 Å². The Morgan fingerprint density at radius 3 is 2.70 bits per heavy atom. The second-order valence-electron chi connectivity index (χ2n) is 1.48. The van der Waals surface area contributed by atoms with Crippen molar-refractivity contribution in [2.24, 2.45) is 21.5 Å². The Kier molecular flexibility index (Phi) is 6.93. The van der Waals surface area contributed by atoms with Gasteiger partial charge in [-0.15, -0.1) is 0 Å². The van der Waals surface area contributed by atoms with Gasteiger partial charge in [0.2, 0.25) is 0 Å². The van der Waals surface area contributed by atoms with Crippen LogP contribution in [0.15, 0.2) is 22.4 Å². The Balaban J connectivity index is 3.32. The molecule has 0 bridgehead atoms. The van der Waals surface area contributed by atoms with Crippen LogP contribution >= 0.6 is 0 Å². The van der Waals surface area contributed by atoms with Gasteiger partial charge in [-0.1, -0.05) is 0 Å². The van der Waals surface area contributed by atoms with Gasteiger partial charge in [0.25, 0.3) is 0 Å². The van der Waals surface area contributed by atoms with Crippen LogP contribution in [-0.4, -0.2) is 25.5 Å². The zero-order valence-corrected chi connectivity index (χ0v) is 5.77. The first-order valence-electron chi connectivity index (χ1n) is 3.00. The average Bonchev–Trinajstić information content (AvgIpc) is 1.97. The zero-order valence-electron chi connectivity index (χ0n) is 5.77. The minimum absolute atomic E-state index is 0.567. The maximum atomic E-state index is 5.18. The molecule has 0 aromatic carbocycles. The number of hydrogen-bond acceptors (Lipinski definition) is 4. The molecule has 0 fully saturated rings. The van der Waals surface area contributed by atoms with Crippen molar-refractivity contribution in [3.63, 3.8) is 0 Å². The van der Waals surface area contributed by atoms with E-state index >= 15 is 0 Å². The predicted molar refractivity (Wildman–Crippen MR) is 44.2 cm³/mol. The van der Waals surface area contributed by atoms with Gasteiger partial charge in [-0.2, -0.15) is 0 Å². The SMILES string of the molecule is NC=CN=CC=NCCN. The fourth-order valence-electron chi connectivity index (χ4n) is 0.334. The standard InChI is InChI=1S/C6H12N4/c7-1-3-9-5-6-10-4-2-8/h1,3,5-6H,2,4,7-8H2. The highest BCUT2D eigenvalue weighted by molar-refractivity contribution is 6.16. The number of nitrogens with zero attached hydrogens (tertiary/aromatic N) is 2. The molecule has 0 amide bonds. The Labute approximate surface area is 60.3 Å². The van der Waals surface area contributed by atoms with E-state index in [0.29, 0.717) is 13.1 Å². The molecular formula is C6H12N4. The van der Waals surface area contributed by atoms with Crippen LogP contribution in [-0.2, 0) is 0 Å². The largest absolute Gasteiger partial charge is 0.403 e. The van der Waals surface area contributed by atoms with E-state index in [1.54, 1.807) is 12.4 Å². The summed E-state index contributed by atoms with van der Waals surface area (Å²) in [5.41, 5.74) is 10.2. The topological polar surface area (TPSA) is 76.8 Å². The van der Waals surface area contributed by atoms with Crippen LogP contribution in [0.3, 0.4) is 0 Å². The van der Waals surface area contributed by atoms with Crippen LogP contribution in [0.1, 0.15) is 0 Å². The van der Waals surface area contributed by atoms with Crippen molar-refractivity contribution in [3.8, 4) is 0 Å². The summed E-state index contributed by atoms with van der Waals surface area (Å²) in [6.07, 6.45) is 5.98. The van der Waals surface area contributed by atoms with Crippen LogP contribution in [0.2, 0.25) is 0 Å². The third-order valence-electron chi connectivity index (χ3n) is 0.688. The van der Waals surface area contributed by atoms with Gasteiger partial charge in [-0.25, -0.2) is 0 Å². The maximum Gasteiger partial charge on any atom is 0.0512 e. The fraction of sp³-hybridized carbons (Fsp3) is 0.333. The van der Waals surface area contributed by atoms with Crippen LogP contribution in [0.5, 0.6) is 0 Å². The third-order valence-corrected chi connectivity index (χ3v) is 0.688. The molecule has 0 aliphatic rings. The van der Waals surface area contributed by atoms with Gasteiger partial charge >= 0.3 is 0 Å². The van der Waals surface area contributed by atoms with Gasteiger partial charge in [0.05, 0.1) is 6.54 Å². The summed E-state index contributed by atoms with van der Waals surface area (Å²) in [5.74, 6) is 0. The van der Waals surface area contributed by atoms with Crippen molar-refractivity contribution in [2.45, 2.75) is 0 Å². The normalized spacial score (nSPS) is 12.5. The molecule has 0 saturated heterocycles. The van der Waals surface area contributed by atoms with Gasteiger partial charge in [-0.3, -0.25) is 9.98 Å². The van der Waals surface area contributed by atoms with E-state index in [2.05, 4.69) is 9.98 Å². The number of aliphatic imine (C=N–C) groups is 2. The summed E-state index contributed by atoms with van der Waals surface area (Å²) in [7, 11) is 0. The highest BCUT2D eigenvalue weighted by atomic mass is 14.8. The molecule has 0 atom stereocenters. The van der Waals surface area contributed by atoms with E-state index < -0.39 is 0 Å². The summed E-state index contributed by atoms with van der Waals surface area (Å²) >= 11 is 0. The van der Waals surface area contributed by atoms with Crippen molar-refractivity contribution < 1.29 is 0 Å². The van der Waals surface area contributed by atoms with E-state index in [4.69, 9.17) is 11.5 Å². The average molecular weight is 140 g/mol. The molecule has 0 heterocycles. The van der Waals surface area contributed by atoms with E-state index in [-0.39, 0.29) is 0 Å². The summed E-state index contributed by atoms with van der Waals surface area (Å²) in [4.78, 5) is 7.63. The summed E-state index contributed by atoms with van der Waals surface area (Å²) in [6.45, 7) is 1.20. The molecular weight excluding hydrogens is 128 g/mol. The molecule has 0 aromatic rings. The molecule has 10 heavy (non-hydrogen) atoms. The maximum absolute atomic E-state index is 5.18. The van der Waals surface area contributed by atoms with Crippen molar-refractivity contribution in [3.05, 3.63) is 12.4 Å². The second kappa shape index (κ2) is 7.84. The van der Waals surface area contributed by atoms with Gasteiger partial charge < -0.3 is 11.5 Å².